The lowest BCUT2D eigenvalue weighted by molar-refractivity contribution is -0.139. The number of methoxy groups -OCH3 is 1. The Hall–Kier alpha value is -2.47. The van der Waals surface area contributed by atoms with Gasteiger partial charge in [0.25, 0.3) is 0 Å². The van der Waals surface area contributed by atoms with E-state index in [2.05, 4.69) is 5.32 Å². The smallest absolute Gasteiger partial charge is 0.242 e. The molecule has 2 aromatic carbocycles. The largest absolute Gasteiger partial charge is 0.497 e. The van der Waals surface area contributed by atoms with Gasteiger partial charge in [0, 0.05) is 19.3 Å². The molecule has 0 saturated carbocycles. The van der Waals surface area contributed by atoms with E-state index >= 15 is 0 Å². The summed E-state index contributed by atoms with van der Waals surface area (Å²) < 4.78 is 5.28. The molecule has 0 fully saturated rings. The van der Waals surface area contributed by atoms with Crippen LogP contribution in [-0.4, -0.2) is 42.7 Å². The molecule has 1 atom stereocenters. The monoisotopic (exact) mass is 400 g/mol. The van der Waals surface area contributed by atoms with Crippen LogP contribution in [-0.2, 0) is 21.9 Å². The van der Waals surface area contributed by atoms with E-state index in [1.54, 1.807) is 30.8 Å². The summed E-state index contributed by atoms with van der Waals surface area (Å²) in [7, 11) is 3.21. The van der Waals surface area contributed by atoms with Crippen LogP contribution in [0.3, 0.4) is 0 Å². The van der Waals surface area contributed by atoms with Crippen molar-refractivity contribution in [3.05, 3.63) is 65.7 Å². The number of benzene rings is 2. The highest BCUT2D eigenvalue weighted by molar-refractivity contribution is 7.99. The molecule has 0 saturated heterocycles. The van der Waals surface area contributed by atoms with Crippen molar-refractivity contribution in [1.82, 2.24) is 10.2 Å². The molecule has 0 aliphatic rings. The van der Waals surface area contributed by atoms with Crippen LogP contribution in [0.1, 0.15) is 24.5 Å². The zero-order chi connectivity index (χ0) is 20.4. The number of carbonyl (C=O) groups is 2. The van der Waals surface area contributed by atoms with Crippen molar-refractivity contribution in [2.45, 2.75) is 31.7 Å². The second kappa shape index (κ2) is 11.4. The first-order valence-electron chi connectivity index (χ1n) is 9.34. The topological polar surface area (TPSA) is 58.6 Å². The van der Waals surface area contributed by atoms with Crippen molar-refractivity contribution in [3.63, 3.8) is 0 Å². The zero-order valence-electron chi connectivity index (χ0n) is 16.7. The van der Waals surface area contributed by atoms with Crippen molar-refractivity contribution in [2.24, 2.45) is 0 Å². The Morgan fingerprint density at radius 1 is 1.11 bits per heavy atom. The van der Waals surface area contributed by atoms with Crippen LogP contribution in [0.5, 0.6) is 5.75 Å². The molecule has 150 valence electrons. The first-order chi connectivity index (χ1) is 13.6. The van der Waals surface area contributed by atoms with Gasteiger partial charge in [-0.2, -0.15) is 0 Å². The molecule has 0 aromatic heterocycles. The van der Waals surface area contributed by atoms with Crippen LogP contribution in [0.25, 0.3) is 0 Å². The summed E-state index contributed by atoms with van der Waals surface area (Å²) in [6, 6.07) is 17.1. The van der Waals surface area contributed by atoms with Gasteiger partial charge in [0.1, 0.15) is 11.8 Å². The summed E-state index contributed by atoms with van der Waals surface area (Å²) in [5, 5.41) is 2.68. The van der Waals surface area contributed by atoms with Crippen LogP contribution >= 0.6 is 11.8 Å². The van der Waals surface area contributed by atoms with Crippen LogP contribution in [0.4, 0.5) is 0 Å². The zero-order valence-corrected chi connectivity index (χ0v) is 17.5. The van der Waals surface area contributed by atoms with E-state index in [1.807, 2.05) is 61.5 Å². The van der Waals surface area contributed by atoms with Crippen LogP contribution < -0.4 is 10.1 Å². The number of hydrogen-bond donors (Lipinski definition) is 1. The molecule has 6 heteroatoms. The Bertz CT molecular complexity index is 767. The first kappa shape index (κ1) is 21.8. The summed E-state index contributed by atoms with van der Waals surface area (Å²) in [5.74, 6) is 1.63. The lowest BCUT2D eigenvalue weighted by Gasteiger charge is -2.30. The van der Waals surface area contributed by atoms with Crippen molar-refractivity contribution < 1.29 is 14.3 Å². The average Bonchev–Trinajstić information content (AvgIpc) is 2.74. The van der Waals surface area contributed by atoms with E-state index in [1.165, 1.54) is 5.56 Å². The number of thioether (sulfide) groups is 1. The van der Waals surface area contributed by atoms with E-state index in [-0.39, 0.29) is 11.8 Å². The summed E-state index contributed by atoms with van der Waals surface area (Å²) in [5.41, 5.74) is 2.11. The Kier molecular flexibility index (Phi) is 8.88. The number of hydrogen-bond acceptors (Lipinski definition) is 4. The van der Waals surface area contributed by atoms with Gasteiger partial charge < -0.3 is 15.0 Å². The van der Waals surface area contributed by atoms with Crippen molar-refractivity contribution >= 4 is 23.6 Å². The Morgan fingerprint density at radius 3 is 2.46 bits per heavy atom. The van der Waals surface area contributed by atoms with Gasteiger partial charge in [-0.25, -0.2) is 0 Å². The van der Waals surface area contributed by atoms with Gasteiger partial charge in [0.2, 0.25) is 11.8 Å². The van der Waals surface area contributed by atoms with Gasteiger partial charge in [0.05, 0.1) is 12.9 Å². The second-order valence-corrected chi connectivity index (χ2v) is 7.38. The molecule has 5 nitrogen and oxygen atoms in total. The number of carbonyl (C=O) groups excluding carboxylic acids is 2. The predicted molar refractivity (Wildman–Crippen MR) is 114 cm³/mol. The van der Waals surface area contributed by atoms with Crippen LogP contribution in [0.2, 0.25) is 0 Å². The lowest BCUT2D eigenvalue weighted by atomic mass is 10.1. The average molecular weight is 401 g/mol. The molecule has 1 unspecified atom stereocenters. The number of nitrogens with one attached hydrogen (secondary N) is 1. The molecule has 2 amide bonds. The minimum absolute atomic E-state index is 0.0424. The highest BCUT2D eigenvalue weighted by atomic mass is 32.2. The molecule has 28 heavy (non-hydrogen) atoms. The van der Waals surface area contributed by atoms with E-state index in [0.717, 1.165) is 17.1 Å². The van der Waals surface area contributed by atoms with E-state index in [4.69, 9.17) is 4.74 Å². The first-order valence-corrected chi connectivity index (χ1v) is 10.5. The molecule has 1 N–H and O–H groups in total. The van der Waals surface area contributed by atoms with Crippen molar-refractivity contribution in [2.75, 3.05) is 19.9 Å². The summed E-state index contributed by atoms with van der Waals surface area (Å²) in [4.78, 5) is 27.0. The molecular weight excluding hydrogens is 372 g/mol. The summed E-state index contributed by atoms with van der Waals surface area (Å²) in [6.07, 6.45) is 0.554. The third kappa shape index (κ3) is 6.30. The van der Waals surface area contributed by atoms with E-state index < -0.39 is 6.04 Å². The standard InChI is InChI=1S/C22H28N2O3S/c1-4-20(22(26)23-2)24(14-18-11-8-12-19(13-18)27-3)21(25)16-28-15-17-9-6-5-7-10-17/h5-13,20H,4,14-16H2,1-3H3,(H,23,26). The molecule has 0 heterocycles. The van der Waals surface area contributed by atoms with Gasteiger partial charge in [-0.1, -0.05) is 49.4 Å². The Labute approximate surface area is 171 Å². The maximum Gasteiger partial charge on any atom is 0.242 e. The van der Waals surface area contributed by atoms with Crippen LogP contribution in [0, 0.1) is 0 Å². The van der Waals surface area contributed by atoms with Gasteiger partial charge in [-0.05, 0) is 29.7 Å². The number of rotatable bonds is 10. The normalized spacial score (nSPS) is 11.5. The fourth-order valence-electron chi connectivity index (χ4n) is 2.97. The third-order valence-corrected chi connectivity index (χ3v) is 5.45. The van der Waals surface area contributed by atoms with Gasteiger partial charge >= 0.3 is 0 Å². The van der Waals surface area contributed by atoms with Gasteiger partial charge in [0.15, 0.2) is 0 Å². The number of likely N-dealkylation sites (N-methyl/N-ethyl adjacent to an activating group) is 1. The summed E-state index contributed by atoms with van der Waals surface area (Å²) >= 11 is 1.56. The SMILES string of the molecule is CCC(C(=O)NC)N(Cc1cccc(OC)c1)C(=O)CSCc1ccccc1. The summed E-state index contributed by atoms with van der Waals surface area (Å²) in [6.45, 7) is 2.29. The molecule has 2 rings (SSSR count). The van der Waals surface area contributed by atoms with Crippen molar-refractivity contribution in [1.29, 1.82) is 0 Å². The molecule has 0 radical (unpaired) electrons. The van der Waals surface area contributed by atoms with E-state index in [9.17, 15) is 9.59 Å². The number of amides is 2. The fraction of sp³-hybridized carbons (Fsp3) is 0.364. The highest BCUT2D eigenvalue weighted by Gasteiger charge is 2.27. The molecule has 0 spiro atoms. The minimum atomic E-state index is -0.499. The number of nitrogens with zero attached hydrogens (tertiary/aromatic N) is 1. The quantitative estimate of drug-likeness (QED) is 0.663. The van der Waals surface area contributed by atoms with Crippen molar-refractivity contribution in [3.8, 4) is 5.75 Å². The van der Waals surface area contributed by atoms with Crippen LogP contribution in [0.15, 0.2) is 54.6 Å². The molecular formula is C22H28N2O3S. The maximum absolute atomic E-state index is 13.0. The van der Waals surface area contributed by atoms with Gasteiger partial charge in [-0.3, -0.25) is 9.59 Å². The predicted octanol–water partition coefficient (Wildman–Crippen LogP) is 3.48. The Morgan fingerprint density at radius 2 is 1.82 bits per heavy atom. The molecule has 0 aliphatic carbocycles. The highest BCUT2D eigenvalue weighted by Crippen LogP contribution is 2.19. The molecule has 0 aliphatic heterocycles. The second-order valence-electron chi connectivity index (χ2n) is 6.39. The maximum atomic E-state index is 13.0. The molecule has 2 aromatic rings. The Balaban J connectivity index is 2.11. The fourth-order valence-corrected chi connectivity index (χ4v) is 3.84. The van der Waals surface area contributed by atoms with E-state index in [0.29, 0.717) is 18.7 Å². The minimum Gasteiger partial charge on any atom is -0.497 e. The molecule has 0 bridgehead atoms. The van der Waals surface area contributed by atoms with Gasteiger partial charge in [-0.15, -0.1) is 11.8 Å². The third-order valence-electron chi connectivity index (χ3n) is 4.46. The lowest BCUT2D eigenvalue weighted by Crippen LogP contribution is -2.48. The number of ether oxygens (including phenoxy) is 1.